The van der Waals surface area contributed by atoms with Crippen molar-refractivity contribution < 1.29 is 17.9 Å². The highest BCUT2D eigenvalue weighted by atomic mass is 32.2. The van der Waals surface area contributed by atoms with E-state index in [-0.39, 0.29) is 34.2 Å². The van der Waals surface area contributed by atoms with E-state index in [1.54, 1.807) is 19.9 Å². The van der Waals surface area contributed by atoms with Crippen LogP contribution in [-0.2, 0) is 16.3 Å². The third kappa shape index (κ3) is 2.67. The molecule has 0 aliphatic carbocycles. The van der Waals surface area contributed by atoms with E-state index in [0.29, 0.717) is 5.69 Å². The number of aryl methyl sites for hydroxylation is 2. The predicted molar refractivity (Wildman–Crippen MR) is 85.1 cm³/mol. The Kier molecular flexibility index (Phi) is 4.10. The second-order valence-corrected chi connectivity index (χ2v) is 7.37. The summed E-state index contributed by atoms with van der Waals surface area (Å²) >= 11 is 0. The normalized spacial score (nSPS) is 12.0. The van der Waals surface area contributed by atoms with Gasteiger partial charge in [-0.15, -0.1) is 0 Å². The summed E-state index contributed by atoms with van der Waals surface area (Å²) in [5, 5.41) is 13.5. The topological polar surface area (TPSA) is 84.6 Å². The molecule has 0 aliphatic rings. The number of hydrogen-bond acceptors (Lipinski definition) is 5. The van der Waals surface area contributed by atoms with E-state index in [2.05, 4.69) is 10.1 Å². The van der Waals surface area contributed by atoms with Gasteiger partial charge in [0.25, 0.3) is 0 Å². The summed E-state index contributed by atoms with van der Waals surface area (Å²) in [7, 11) is -3.95. The monoisotopic (exact) mass is 349 g/mol. The van der Waals surface area contributed by atoms with Crippen molar-refractivity contribution in [3.8, 4) is 0 Å². The average Bonchev–Trinajstić information content (AvgIpc) is 2.87. The van der Waals surface area contributed by atoms with E-state index in [0.717, 1.165) is 17.8 Å². The number of sulfone groups is 1. The van der Waals surface area contributed by atoms with E-state index in [4.69, 9.17) is 0 Å². The van der Waals surface area contributed by atoms with Crippen molar-refractivity contribution >= 4 is 15.5 Å². The van der Waals surface area contributed by atoms with Crippen molar-refractivity contribution in [1.82, 2.24) is 14.6 Å². The molecule has 0 aliphatic heterocycles. The summed E-state index contributed by atoms with van der Waals surface area (Å²) in [6.07, 6.45) is 0.0810. The summed E-state index contributed by atoms with van der Waals surface area (Å²) in [5.74, 6) is -0.519. The molecule has 0 radical (unpaired) electrons. The van der Waals surface area contributed by atoms with Gasteiger partial charge in [-0.1, -0.05) is 0 Å². The molecule has 3 aromatic rings. The molecule has 3 rings (SSSR count). The molecule has 1 aromatic carbocycles. The van der Waals surface area contributed by atoms with Gasteiger partial charge in [-0.2, -0.15) is 5.10 Å². The van der Waals surface area contributed by atoms with Crippen LogP contribution in [0, 0.1) is 19.7 Å². The van der Waals surface area contributed by atoms with Crippen molar-refractivity contribution in [3.05, 3.63) is 53.2 Å². The largest absolute Gasteiger partial charge is 0.396 e. The maximum absolute atomic E-state index is 13.1. The fourth-order valence-corrected chi connectivity index (χ4v) is 4.18. The number of aliphatic hydroxyl groups is 1. The average molecular weight is 349 g/mol. The van der Waals surface area contributed by atoms with Crippen LogP contribution in [0.3, 0.4) is 0 Å². The molecule has 0 unspecified atom stereocenters. The Hall–Kier alpha value is -2.32. The molecule has 24 heavy (non-hydrogen) atoms. The number of aliphatic hydroxyl groups excluding tert-OH is 1. The lowest BCUT2D eigenvalue weighted by Crippen LogP contribution is -2.07. The van der Waals surface area contributed by atoms with Crippen molar-refractivity contribution in [2.75, 3.05) is 6.61 Å². The molecule has 0 saturated carbocycles. The van der Waals surface area contributed by atoms with Gasteiger partial charge in [0.15, 0.2) is 5.65 Å². The summed E-state index contributed by atoms with van der Waals surface area (Å²) in [4.78, 5) is 4.23. The third-order valence-corrected chi connectivity index (χ3v) is 5.51. The van der Waals surface area contributed by atoms with Gasteiger partial charge in [-0.05, 0) is 44.2 Å². The first-order valence-electron chi connectivity index (χ1n) is 7.32. The van der Waals surface area contributed by atoms with Crippen LogP contribution in [0.5, 0.6) is 0 Å². The minimum atomic E-state index is -3.95. The molecule has 0 amide bonds. The van der Waals surface area contributed by atoms with Gasteiger partial charge in [0.1, 0.15) is 10.7 Å². The molecular formula is C16H16FN3O3S. The van der Waals surface area contributed by atoms with E-state index >= 15 is 0 Å². The number of fused-ring (bicyclic) bond motifs is 1. The standard InChI is InChI=1S/C16H16FN3O3S/c1-10-9-11(2)20-16(18-10)15(14(19-20)7-8-21)24(22,23)13-5-3-12(17)4-6-13/h3-6,9,21H,7-8H2,1-2H3. The zero-order valence-corrected chi connectivity index (χ0v) is 14.0. The predicted octanol–water partition coefficient (Wildman–Crippen LogP) is 1.85. The van der Waals surface area contributed by atoms with E-state index in [1.165, 1.54) is 16.6 Å². The summed E-state index contributed by atoms with van der Waals surface area (Å²) < 4.78 is 40.7. The van der Waals surface area contributed by atoms with Crippen LogP contribution < -0.4 is 0 Å². The Bertz CT molecular complexity index is 1010. The van der Waals surface area contributed by atoms with E-state index < -0.39 is 15.7 Å². The van der Waals surface area contributed by atoms with Gasteiger partial charge in [0, 0.05) is 24.4 Å². The van der Waals surface area contributed by atoms with Crippen molar-refractivity contribution in [3.63, 3.8) is 0 Å². The Morgan fingerprint density at radius 1 is 1.21 bits per heavy atom. The molecule has 2 heterocycles. The Morgan fingerprint density at radius 3 is 2.50 bits per heavy atom. The fraction of sp³-hybridized carbons (Fsp3) is 0.250. The van der Waals surface area contributed by atoms with Crippen LogP contribution >= 0.6 is 0 Å². The highest BCUT2D eigenvalue weighted by Crippen LogP contribution is 2.28. The van der Waals surface area contributed by atoms with Gasteiger partial charge < -0.3 is 5.11 Å². The molecular weight excluding hydrogens is 333 g/mol. The maximum atomic E-state index is 13.1. The molecule has 8 heteroatoms. The smallest absolute Gasteiger partial charge is 0.212 e. The van der Waals surface area contributed by atoms with Gasteiger partial charge in [0.05, 0.1) is 10.6 Å². The summed E-state index contributed by atoms with van der Waals surface area (Å²) in [6.45, 7) is 3.32. The van der Waals surface area contributed by atoms with Crippen LogP contribution in [-0.4, -0.2) is 34.7 Å². The lowest BCUT2D eigenvalue weighted by molar-refractivity contribution is 0.297. The minimum absolute atomic E-state index is 0.0426. The molecule has 2 aromatic heterocycles. The number of rotatable bonds is 4. The molecule has 0 atom stereocenters. The SMILES string of the molecule is Cc1cc(C)n2nc(CCO)c(S(=O)(=O)c3ccc(F)cc3)c2n1. The van der Waals surface area contributed by atoms with Gasteiger partial charge in [-0.25, -0.2) is 22.3 Å². The molecule has 0 saturated heterocycles. The Morgan fingerprint density at radius 2 is 1.88 bits per heavy atom. The summed E-state index contributed by atoms with van der Waals surface area (Å²) in [6, 6.07) is 6.39. The second-order valence-electron chi connectivity index (χ2n) is 5.48. The first-order chi connectivity index (χ1) is 11.3. The fourth-order valence-electron chi connectivity index (χ4n) is 2.62. The molecule has 1 N–H and O–H groups in total. The second kappa shape index (κ2) is 5.95. The van der Waals surface area contributed by atoms with Crippen LogP contribution in [0.1, 0.15) is 17.1 Å². The lowest BCUT2D eigenvalue weighted by Gasteiger charge is -2.06. The van der Waals surface area contributed by atoms with Crippen LogP contribution in [0.2, 0.25) is 0 Å². The zero-order chi connectivity index (χ0) is 17.5. The Balaban J connectivity index is 2.34. The van der Waals surface area contributed by atoms with Crippen LogP contribution in [0.25, 0.3) is 5.65 Å². The number of hydrogen-bond donors (Lipinski definition) is 1. The molecule has 6 nitrogen and oxygen atoms in total. The molecule has 0 spiro atoms. The van der Waals surface area contributed by atoms with E-state index in [1.807, 2.05) is 0 Å². The van der Waals surface area contributed by atoms with Gasteiger partial charge in [-0.3, -0.25) is 0 Å². The first kappa shape index (κ1) is 16.5. The number of benzene rings is 1. The Labute approximate surface area is 138 Å². The van der Waals surface area contributed by atoms with Gasteiger partial charge >= 0.3 is 0 Å². The highest BCUT2D eigenvalue weighted by molar-refractivity contribution is 7.91. The van der Waals surface area contributed by atoms with Crippen LogP contribution in [0.4, 0.5) is 4.39 Å². The number of aromatic nitrogens is 3. The van der Waals surface area contributed by atoms with Crippen molar-refractivity contribution in [2.45, 2.75) is 30.1 Å². The zero-order valence-electron chi connectivity index (χ0n) is 13.2. The van der Waals surface area contributed by atoms with E-state index in [9.17, 15) is 17.9 Å². The van der Waals surface area contributed by atoms with Crippen molar-refractivity contribution in [1.29, 1.82) is 0 Å². The lowest BCUT2D eigenvalue weighted by atomic mass is 10.3. The molecule has 126 valence electrons. The third-order valence-electron chi connectivity index (χ3n) is 3.66. The number of halogens is 1. The quantitative estimate of drug-likeness (QED) is 0.727. The van der Waals surface area contributed by atoms with Gasteiger partial charge in [0.2, 0.25) is 9.84 Å². The maximum Gasteiger partial charge on any atom is 0.212 e. The minimum Gasteiger partial charge on any atom is -0.396 e. The first-order valence-corrected chi connectivity index (χ1v) is 8.80. The summed E-state index contributed by atoms with van der Waals surface area (Å²) in [5.41, 5.74) is 1.84. The number of nitrogens with zero attached hydrogens (tertiary/aromatic N) is 3. The molecule has 0 bridgehead atoms. The van der Waals surface area contributed by atoms with Crippen LogP contribution in [0.15, 0.2) is 40.1 Å². The van der Waals surface area contributed by atoms with Crippen molar-refractivity contribution in [2.24, 2.45) is 0 Å². The highest BCUT2D eigenvalue weighted by Gasteiger charge is 2.28. The molecule has 0 fully saturated rings.